The van der Waals surface area contributed by atoms with Gasteiger partial charge in [0.15, 0.2) is 17.0 Å². The molecule has 1 unspecified atom stereocenters. The molecule has 4 N–H and O–H groups in total. The summed E-state index contributed by atoms with van der Waals surface area (Å²) in [7, 11) is 1.66. The lowest BCUT2D eigenvalue weighted by atomic mass is 10.2. The van der Waals surface area contributed by atoms with Crippen molar-refractivity contribution in [1.82, 2.24) is 19.5 Å². The summed E-state index contributed by atoms with van der Waals surface area (Å²) in [5.74, 6) is 2.05. The fourth-order valence-corrected chi connectivity index (χ4v) is 3.87. The second-order valence-corrected chi connectivity index (χ2v) is 8.03. The van der Waals surface area contributed by atoms with E-state index in [9.17, 15) is 0 Å². The second-order valence-electron chi connectivity index (χ2n) is 8.03. The Morgan fingerprint density at radius 2 is 1.76 bits per heavy atom. The largest absolute Gasteiger partial charge is 0.497 e. The lowest BCUT2D eigenvalue weighted by Gasteiger charge is -2.13. The van der Waals surface area contributed by atoms with Gasteiger partial charge in [-0.2, -0.15) is 9.97 Å². The van der Waals surface area contributed by atoms with Crippen LogP contribution in [0.2, 0.25) is 0 Å². The van der Waals surface area contributed by atoms with Crippen LogP contribution in [0, 0.1) is 0 Å². The quantitative estimate of drug-likeness (QED) is 0.353. The van der Waals surface area contributed by atoms with Crippen molar-refractivity contribution >= 4 is 28.6 Å². The molecular formula is C24H27N7O2. The molecule has 170 valence electrons. The number of methoxy groups -OCH3 is 1. The number of hydrogen-bond donors (Lipinski definition) is 3. The number of aromatic nitrogens is 4. The van der Waals surface area contributed by atoms with Crippen LogP contribution in [-0.4, -0.2) is 39.8 Å². The minimum absolute atomic E-state index is 0.226. The number of rotatable bonds is 8. The Kier molecular flexibility index (Phi) is 5.95. The van der Waals surface area contributed by atoms with E-state index in [1.807, 2.05) is 54.9 Å². The number of benzene rings is 2. The van der Waals surface area contributed by atoms with Crippen molar-refractivity contribution in [3.8, 4) is 5.75 Å². The molecule has 1 atom stereocenters. The Hall–Kier alpha value is -3.85. The van der Waals surface area contributed by atoms with Crippen molar-refractivity contribution in [3.05, 3.63) is 66.0 Å². The third kappa shape index (κ3) is 4.68. The van der Waals surface area contributed by atoms with Gasteiger partial charge in [-0.3, -0.25) is 0 Å². The van der Waals surface area contributed by atoms with Gasteiger partial charge in [-0.1, -0.05) is 24.3 Å². The number of nitrogens with zero attached hydrogens (tertiary/aromatic N) is 4. The third-order valence-electron chi connectivity index (χ3n) is 5.77. The lowest BCUT2D eigenvalue weighted by molar-refractivity contribution is 0.187. The van der Waals surface area contributed by atoms with E-state index in [-0.39, 0.29) is 6.04 Å². The number of imidazole rings is 1. The van der Waals surface area contributed by atoms with Gasteiger partial charge in [0.1, 0.15) is 5.75 Å². The molecule has 0 radical (unpaired) electrons. The molecule has 4 aromatic rings. The van der Waals surface area contributed by atoms with Gasteiger partial charge < -0.3 is 30.4 Å². The first kappa shape index (κ1) is 21.0. The SMILES string of the molecule is COc1ccc(CNc2nc(NCc3ccc(N)cc3)c3ncn(C4CCOC4)c3n2)cc1. The molecule has 9 heteroatoms. The van der Waals surface area contributed by atoms with Crippen molar-refractivity contribution in [1.29, 1.82) is 0 Å². The number of nitrogen functional groups attached to an aromatic ring is 1. The molecule has 0 saturated carbocycles. The van der Waals surface area contributed by atoms with Crippen molar-refractivity contribution in [2.75, 3.05) is 36.7 Å². The lowest BCUT2D eigenvalue weighted by Crippen LogP contribution is -2.11. The third-order valence-corrected chi connectivity index (χ3v) is 5.77. The molecule has 5 rings (SSSR count). The highest BCUT2D eigenvalue weighted by molar-refractivity contribution is 5.84. The predicted octanol–water partition coefficient (Wildman–Crippen LogP) is 3.60. The van der Waals surface area contributed by atoms with Crippen LogP contribution in [0.5, 0.6) is 5.75 Å². The maximum absolute atomic E-state index is 5.81. The standard InChI is InChI=1S/C24H27N7O2/c1-32-20-8-4-17(5-9-20)13-27-24-29-22(26-12-16-2-6-18(25)7-3-16)21-23(30-24)31(15-28-21)19-10-11-33-14-19/h2-9,15,19H,10-14,25H2,1H3,(H2,26,27,29,30). The summed E-state index contributed by atoms with van der Waals surface area (Å²) in [5, 5.41) is 6.78. The van der Waals surface area contributed by atoms with Crippen LogP contribution in [0.1, 0.15) is 23.6 Å². The summed E-state index contributed by atoms with van der Waals surface area (Å²) < 4.78 is 12.9. The Labute approximate surface area is 192 Å². The zero-order valence-electron chi connectivity index (χ0n) is 18.5. The normalized spacial score (nSPS) is 15.6. The Morgan fingerprint density at radius 1 is 1.03 bits per heavy atom. The molecular weight excluding hydrogens is 418 g/mol. The summed E-state index contributed by atoms with van der Waals surface area (Å²) >= 11 is 0. The number of hydrogen-bond acceptors (Lipinski definition) is 8. The molecule has 2 aromatic heterocycles. The van der Waals surface area contributed by atoms with Gasteiger partial charge in [0, 0.05) is 25.4 Å². The fourth-order valence-electron chi connectivity index (χ4n) is 3.87. The molecule has 2 aromatic carbocycles. The zero-order valence-corrected chi connectivity index (χ0v) is 18.5. The summed E-state index contributed by atoms with van der Waals surface area (Å²) in [6.45, 7) is 2.61. The van der Waals surface area contributed by atoms with Gasteiger partial charge in [0.2, 0.25) is 5.95 Å². The van der Waals surface area contributed by atoms with Crippen molar-refractivity contribution in [2.45, 2.75) is 25.6 Å². The van der Waals surface area contributed by atoms with E-state index in [1.54, 1.807) is 7.11 Å². The molecule has 33 heavy (non-hydrogen) atoms. The molecule has 3 heterocycles. The van der Waals surface area contributed by atoms with E-state index in [4.69, 9.17) is 25.2 Å². The van der Waals surface area contributed by atoms with Gasteiger partial charge >= 0.3 is 0 Å². The highest BCUT2D eigenvalue weighted by Gasteiger charge is 2.22. The number of ether oxygens (including phenoxy) is 2. The zero-order chi connectivity index (χ0) is 22.6. The van der Waals surface area contributed by atoms with Crippen LogP contribution in [0.15, 0.2) is 54.9 Å². The van der Waals surface area contributed by atoms with E-state index >= 15 is 0 Å². The molecule has 1 aliphatic heterocycles. The predicted molar refractivity (Wildman–Crippen MR) is 128 cm³/mol. The van der Waals surface area contributed by atoms with Gasteiger partial charge in [-0.25, -0.2) is 4.98 Å². The molecule has 0 amide bonds. The maximum Gasteiger partial charge on any atom is 0.227 e. The Bertz CT molecular complexity index is 1220. The van der Waals surface area contributed by atoms with Gasteiger partial charge in [0.05, 0.1) is 26.1 Å². The second kappa shape index (κ2) is 9.33. The minimum atomic E-state index is 0.226. The summed E-state index contributed by atoms with van der Waals surface area (Å²) in [6.07, 6.45) is 2.78. The number of nitrogens with two attached hydrogens (primary N) is 1. The smallest absolute Gasteiger partial charge is 0.227 e. The Balaban J connectivity index is 1.42. The molecule has 0 spiro atoms. The maximum atomic E-state index is 5.81. The van der Waals surface area contributed by atoms with E-state index in [1.165, 1.54) is 0 Å². The average molecular weight is 446 g/mol. The van der Waals surface area contributed by atoms with Crippen molar-refractivity contribution < 1.29 is 9.47 Å². The van der Waals surface area contributed by atoms with Gasteiger partial charge in [0.25, 0.3) is 0 Å². The summed E-state index contributed by atoms with van der Waals surface area (Å²) in [6, 6.07) is 15.9. The van der Waals surface area contributed by atoms with Crippen molar-refractivity contribution in [3.63, 3.8) is 0 Å². The van der Waals surface area contributed by atoms with E-state index < -0.39 is 0 Å². The first-order valence-electron chi connectivity index (χ1n) is 11.0. The highest BCUT2D eigenvalue weighted by Crippen LogP contribution is 2.27. The first-order chi connectivity index (χ1) is 16.2. The Morgan fingerprint density at radius 3 is 2.45 bits per heavy atom. The van der Waals surface area contributed by atoms with E-state index in [0.29, 0.717) is 31.5 Å². The topological polar surface area (TPSA) is 112 Å². The van der Waals surface area contributed by atoms with Crippen LogP contribution < -0.4 is 21.1 Å². The average Bonchev–Trinajstić information content (AvgIpc) is 3.52. The summed E-state index contributed by atoms with van der Waals surface area (Å²) in [5.41, 5.74) is 10.3. The first-order valence-corrected chi connectivity index (χ1v) is 11.0. The molecule has 0 bridgehead atoms. The molecule has 1 aliphatic rings. The number of nitrogens with one attached hydrogen (secondary N) is 2. The monoisotopic (exact) mass is 445 g/mol. The number of fused-ring (bicyclic) bond motifs is 1. The van der Waals surface area contributed by atoms with Gasteiger partial charge in [-0.05, 0) is 41.8 Å². The van der Waals surface area contributed by atoms with E-state index in [2.05, 4.69) is 20.2 Å². The number of anilines is 3. The summed E-state index contributed by atoms with van der Waals surface area (Å²) in [4.78, 5) is 14.2. The van der Waals surface area contributed by atoms with E-state index in [0.717, 1.165) is 46.8 Å². The minimum Gasteiger partial charge on any atom is -0.497 e. The van der Waals surface area contributed by atoms with Crippen LogP contribution in [-0.2, 0) is 17.8 Å². The van der Waals surface area contributed by atoms with Crippen LogP contribution in [0.4, 0.5) is 17.5 Å². The molecule has 1 saturated heterocycles. The van der Waals surface area contributed by atoms with Crippen molar-refractivity contribution in [2.24, 2.45) is 0 Å². The molecule has 9 nitrogen and oxygen atoms in total. The van der Waals surface area contributed by atoms with Gasteiger partial charge in [-0.15, -0.1) is 0 Å². The highest BCUT2D eigenvalue weighted by atomic mass is 16.5. The fraction of sp³-hybridized carbons (Fsp3) is 0.292. The van der Waals surface area contributed by atoms with Crippen LogP contribution in [0.3, 0.4) is 0 Å². The molecule has 0 aliphatic carbocycles. The molecule has 1 fully saturated rings. The van der Waals surface area contributed by atoms with Crippen LogP contribution in [0.25, 0.3) is 11.2 Å². The van der Waals surface area contributed by atoms with Crippen LogP contribution >= 0.6 is 0 Å².